The number of amides is 1. The summed E-state index contributed by atoms with van der Waals surface area (Å²) in [5.74, 6) is 0.0863. The number of hydrogen-bond acceptors (Lipinski definition) is 3. The third-order valence-corrected chi connectivity index (χ3v) is 2.31. The van der Waals surface area contributed by atoms with Crippen molar-refractivity contribution in [3.8, 4) is 0 Å². The van der Waals surface area contributed by atoms with Gasteiger partial charge in [-0.25, -0.2) is 0 Å². The molecular weight excluding hydrogens is 273 g/mol. The second-order valence-electron chi connectivity index (χ2n) is 3.91. The number of aromatic nitrogens is 1. The van der Waals surface area contributed by atoms with Crippen molar-refractivity contribution in [1.29, 1.82) is 0 Å². The SMILES string of the molecule is CCN(Cc1ccccn1)C(=O)CC(C)N.Cl.Cl. The van der Waals surface area contributed by atoms with Crippen molar-refractivity contribution in [3.05, 3.63) is 30.1 Å². The lowest BCUT2D eigenvalue weighted by Crippen LogP contribution is -2.34. The number of hydrogen-bond donors (Lipinski definition) is 1. The molecule has 0 saturated heterocycles. The molecule has 1 aromatic rings. The summed E-state index contributed by atoms with van der Waals surface area (Å²) in [5.41, 5.74) is 6.52. The topological polar surface area (TPSA) is 59.2 Å². The van der Waals surface area contributed by atoms with E-state index >= 15 is 0 Å². The molecule has 0 aromatic carbocycles. The molecule has 0 fully saturated rings. The fourth-order valence-corrected chi connectivity index (χ4v) is 1.47. The molecule has 0 aliphatic rings. The van der Waals surface area contributed by atoms with Crippen LogP contribution in [0.1, 0.15) is 26.0 Å². The molecule has 1 aromatic heterocycles. The minimum atomic E-state index is -0.0923. The molecule has 1 atom stereocenters. The normalized spacial score (nSPS) is 10.8. The van der Waals surface area contributed by atoms with Crippen molar-refractivity contribution in [2.45, 2.75) is 32.9 Å². The zero-order valence-electron chi connectivity index (χ0n) is 10.7. The summed E-state index contributed by atoms with van der Waals surface area (Å²) in [4.78, 5) is 17.8. The zero-order valence-corrected chi connectivity index (χ0v) is 12.3. The lowest BCUT2D eigenvalue weighted by atomic mass is 10.2. The molecule has 0 aliphatic carbocycles. The van der Waals surface area contributed by atoms with Gasteiger partial charge in [-0.2, -0.15) is 0 Å². The van der Waals surface area contributed by atoms with Gasteiger partial charge in [0.25, 0.3) is 0 Å². The predicted molar refractivity (Wildman–Crippen MR) is 78.1 cm³/mol. The number of halogens is 2. The lowest BCUT2D eigenvalue weighted by Gasteiger charge is -2.21. The second-order valence-corrected chi connectivity index (χ2v) is 3.91. The fraction of sp³-hybridized carbons (Fsp3) is 0.500. The highest BCUT2D eigenvalue weighted by Crippen LogP contribution is 2.04. The van der Waals surface area contributed by atoms with Gasteiger partial charge in [0.15, 0.2) is 0 Å². The standard InChI is InChI=1S/C12H19N3O.2ClH/c1-3-15(12(16)8-10(2)13)9-11-6-4-5-7-14-11;;/h4-7,10H,3,8-9,13H2,1-2H3;2*1H. The quantitative estimate of drug-likeness (QED) is 0.903. The highest BCUT2D eigenvalue weighted by atomic mass is 35.5. The third kappa shape index (κ3) is 6.79. The average Bonchev–Trinajstić information content (AvgIpc) is 2.26. The van der Waals surface area contributed by atoms with Gasteiger partial charge >= 0.3 is 0 Å². The van der Waals surface area contributed by atoms with E-state index in [0.717, 1.165) is 5.69 Å². The summed E-state index contributed by atoms with van der Waals surface area (Å²) < 4.78 is 0. The highest BCUT2D eigenvalue weighted by molar-refractivity contribution is 5.85. The Labute approximate surface area is 121 Å². The average molecular weight is 294 g/mol. The van der Waals surface area contributed by atoms with Crippen LogP contribution in [-0.4, -0.2) is 28.4 Å². The Morgan fingerprint density at radius 2 is 2.11 bits per heavy atom. The van der Waals surface area contributed by atoms with Crippen LogP contribution < -0.4 is 5.73 Å². The first-order chi connectivity index (χ1) is 7.63. The number of nitrogens with two attached hydrogens (primary N) is 1. The van der Waals surface area contributed by atoms with Gasteiger partial charge in [-0.05, 0) is 26.0 Å². The van der Waals surface area contributed by atoms with Crippen LogP contribution in [-0.2, 0) is 11.3 Å². The van der Waals surface area contributed by atoms with Crippen molar-refractivity contribution < 1.29 is 4.79 Å². The summed E-state index contributed by atoms with van der Waals surface area (Å²) in [6.45, 7) is 5.04. The van der Waals surface area contributed by atoms with Crippen molar-refractivity contribution in [2.75, 3.05) is 6.54 Å². The largest absolute Gasteiger partial charge is 0.337 e. The summed E-state index contributed by atoms with van der Waals surface area (Å²) in [5, 5.41) is 0. The molecule has 0 bridgehead atoms. The first-order valence-corrected chi connectivity index (χ1v) is 5.56. The number of rotatable bonds is 5. The van der Waals surface area contributed by atoms with E-state index in [0.29, 0.717) is 19.5 Å². The Morgan fingerprint density at radius 1 is 1.44 bits per heavy atom. The Balaban J connectivity index is 0. The monoisotopic (exact) mass is 293 g/mol. The van der Waals surface area contributed by atoms with Gasteiger partial charge in [0, 0.05) is 25.2 Å². The summed E-state index contributed by atoms with van der Waals surface area (Å²) in [6, 6.07) is 5.61. The van der Waals surface area contributed by atoms with Crippen molar-refractivity contribution >= 4 is 30.7 Å². The van der Waals surface area contributed by atoms with E-state index in [2.05, 4.69) is 4.98 Å². The molecule has 2 N–H and O–H groups in total. The van der Waals surface area contributed by atoms with E-state index < -0.39 is 0 Å². The Hall–Kier alpha value is -0.840. The molecule has 1 rings (SSSR count). The highest BCUT2D eigenvalue weighted by Gasteiger charge is 2.13. The van der Waals surface area contributed by atoms with Gasteiger partial charge in [0.05, 0.1) is 12.2 Å². The Kier molecular flexibility index (Phi) is 11.0. The van der Waals surface area contributed by atoms with Crippen LogP contribution in [0.15, 0.2) is 24.4 Å². The molecule has 1 heterocycles. The van der Waals surface area contributed by atoms with Crippen LogP contribution in [0.5, 0.6) is 0 Å². The second kappa shape index (κ2) is 10.1. The van der Waals surface area contributed by atoms with Gasteiger partial charge in [0.2, 0.25) is 5.91 Å². The van der Waals surface area contributed by atoms with Gasteiger partial charge < -0.3 is 10.6 Å². The van der Waals surface area contributed by atoms with Crippen molar-refractivity contribution in [1.82, 2.24) is 9.88 Å². The van der Waals surface area contributed by atoms with Crippen molar-refractivity contribution in [3.63, 3.8) is 0 Å². The molecule has 1 amide bonds. The van der Waals surface area contributed by atoms with E-state index in [9.17, 15) is 4.79 Å². The van der Waals surface area contributed by atoms with Crippen molar-refractivity contribution in [2.24, 2.45) is 5.73 Å². The fourth-order valence-electron chi connectivity index (χ4n) is 1.47. The predicted octanol–water partition coefficient (Wildman–Crippen LogP) is 2.01. The van der Waals surface area contributed by atoms with Gasteiger partial charge in [-0.1, -0.05) is 6.07 Å². The molecular formula is C12H21Cl2N3O. The number of carbonyl (C=O) groups excluding carboxylic acids is 1. The van der Waals surface area contributed by atoms with Crippen LogP contribution in [0.25, 0.3) is 0 Å². The van der Waals surface area contributed by atoms with Crippen LogP contribution in [0.4, 0.5) is 0 Å². The Morgan fingerprint density at radius 3 is 2.56 bits per heavy atom. The van der Waals surface area contributed by atoms with Crippen LogP contribution in [0.3, 0.4) is 0 Å². The molecule has 0 radical (unpaired) electrons. The van der Waals surface area contributed by atoms with Gasteiger partial charge in [-0.3, -0.25) is 9.78 Å². The molecule has 6 heteroatoms. The van der Waals surface area contributed by atoms with E-state index in [1.807, 2.05) is 32.0 Å². The van der Waals surface area contributed by atoms with Crippen LogP contribution in [0.2, 0.25) is 0 Å². The molecule has 0 saturated carbocycles. The third-order valence-electron chi connectivity index (χ3n) is 2.31. The van der Waals surface area contributed by atoms with Crippen LogP contribution in [0, 0.1) is 0 Å². The molecule has 4 nitrogen and oxygen atoms in total. The maximum absolute atomic E-state index is 11.8. The molecule has 0 spiro atoms. The maximum atomic E-state index is 11.8. The summed E-state index contributed by atoms with van der Waals surface area (Å²) in [7, 11) is 0. The minimum absolute atomic E-state index is 0. The molecule has 104 valence electrons. The number of carbonyl (C=O) groups is 1. The zero-order chi connectivity index (χ0) is 12.0. The van der Waals surface area contributed by atoms with Gasteiger partial charge in [0.1, 0.15) is 0 Å². The van der Waals surface area contributed by atoms with Gasteiger partial charge in [-0.15, -0.1) is 24.8 Å². The number of pyridine rings is 1. The maximum Gasteiger partial charge on any atom is 0.224 e. The smallest absolute Gasteiger partial charge is 0.224 e. The first-order valence-electron chi connectivity index (χ1n) is 5.56. The van der Waals surface area contributed by atoms with E-state index in [1.54, 1.807) is 11.1 Å². The summed E-state index contributed by atoms with van der Waals surface area (Å²) in [6.07, 6.45) is 2.12. The first kappa shape index (κ1) is 19.5. The van der Waals surface area contributed by atoms with E-state index in [-0.39, 0.29) is 36.8 Å². The molecule has 18 heavy (non-hydrogen) atoms. The van der Waals surface area contributed by atoms with E-state index in [4.69, 9.17) is 5.73 Å². The summed E-state index contributed by atoms with van der Waals surface area (Å²) >= 11 is 0. The lowest BCUT2D eigenvalue weighted by molar-refractivity contribution is -0.131. The molecule has 1 unspecified atom stereocenters. The molecule has 0 aliphatic heterocycles. The Bertz CT molecular complexity index is 333. The van der Waals surface area contributed by atoms with Crippen LogP contribution >= 0.6 is 24.8 Å². The number of nitrogens with zero attached hydrogens (tertiary/aromatic N) is 2. The van der Waals surface area contributed by atoms with E-state index in [1.165, 1.54) is 0 Å². The minimum Gasteiger partial charge on any atom is -0.337 e.